The molecule has 0 saturated heterocycles. The Labute approximate surface area is 126 Å². The molecule has 0 fully saturated rings. The van der Waals surface area contributed by atoms with E-state index in [9.17, 15) is 0 Å². The summed E-state index contributed by atoms with van der Waals surface area (Å²) < 4.78 is 4.15. The van der Waals surface area contributed by atoms with Crippen molar-refractivity contribution >= 4 is 0 Å². The monoisotopic (exact) mass is 288 g/mol. The Morgan fingerprint density at radius 1 is 1.29 bits per heavy atom. The number of hydrogen-bond acceptors (Lipinski definition) is 4. The van der Waals surface area contributed by atoms with E-state index in [-0.39, 0.29) is 0 Å². The van der Waals surface area contributed by atoms with Gasteiger partial charge in [-0.25, -0.2) is 4.98 Å². The molecule has 1 aliphatic heterocycles. The second-order valence-electron chi connectivity index (χ2n) is 6.15. The van der Waals surface area contributed by atoms with E-state index in [0.29, 0.717) is 0 Å². The zero-order valence-electron chi connectivity index (χ0n) is 13.4. The summed E-state index contributed by atoms with van der Waals surface area (Å²) in [7, 11) is 8.30. The largest absolute Gasteiger partial charge is 0.337 e. The smallest absolute Gasteiger partial charge is 0.122 e. The molecule has 3 heterocycles. The van der Waals surface area contributed by atoms with Crippen molar-refractivity contribution < 1.29 is 0 Å². The van der Waals surface area contributed by atoms with Gasteiger partial charge in [-0.3, -0.25) is 9.58 Å². The lowest BCUT2D eigenvalue weighted by atomic mass is 10.0. The average molecular weight is 288 g/mol. The van der Waals surface area contributed by atoms with Crippen LogP contribution in [-0.2, 0) is 40.2 Å². The fraction of sp³-hybridized carbons (Fsp3) is 0.600. The maximum Gasteiger partial charge on any atom is 0.122 e. The molecule has 0 radical (unpaired) electrons. The Kier molecular flexibility index (Phi) is 3.82. The van der Waals surface area contributed by atoms with Gasteiger partial charge in [-0.15, -0.1) is 0 Å². The summed E-state index contributed by atoms with van der Waals surface area (Å²) in [5.41, 5.74) is 4.03. The SMILES string of the molecule is CN(C)Cc1nn(C)c2c1CCN(Cc1nccn1C)C2. The summed E-state index contributed by atoms with van der Waals surface area (Å²) >= 11 is 0. The topological polar surface area (TPSA) is 42.1 Å². The lowest BCUT2D eigenvalue weighted by Gasteiger charge is -2.27. The lowest BCUT2D eigenvalue weighted by Crippen LogP contribution is -2.32. The third-order valence-electron chi connectivity index (χ3n) is 4.16. The average Bonchev–Trinajstić information content (AvgIpc) is 2.95. The molecule has 6 nitrogen and oxygen atoms in total. The second kappa shape index (κ2) is 5.61. The number of aryl methyl sites for hydroxylation is 2. The summed E-state index contributed by atoms with van der Waals surface area (Å²) in [5, 5.41) is 4.71. The van der Waals surface area contributed by atoms with Crippen LogP contribution in [0.4, 0.5) is 0 Å². The Balaban J connectivity index is 1.76. The predicted molar refractivity (Wildman–Crippen MR) is 81.6 cm³/mol. The Hall–Kier alpha value is -1.66. The van der Waals surface area contributed by atoms with Crippen LogP contribution in [0.3, 0.4) is 0 Å². The van der Waals surface area contributed by atoms with Crippen LogP contribution in [0, 0.1) is 0 Å². The number of rotatable bonds is 4. The van der Waals surface area contributed by atoms with Crippen LogP contribution < -0.4 is 0 Å². The molecule has 21 heavy (non-hydrogen) atoms. The van der Waals surface area contributed by atoms with Gasteiger partial charge >= 0.3 is 0 Å². The van der Waals surface area contributed by atoms with E-state index in [1.165, 1.54) is 17.0 Å². The predicted octanol–water partition coefficient (Wildman–Crippen LogP) is 0.773. The molecule has 2 aromatic rings. The highest BCUT2D eigenvalue weighted by Crippen LogP contribution is 2.23. The minimum Gasteiger partial charge on any atom is -0.337 e. The Bertz CT molecular complexity index is 624. The van der Waals surface area contributed by atoms with Gasteiger partial charge in [-0.1, -0.05) is 0 Å². The van der Waals surface area contributed by atoms with Gasteiger partial charge in [0.1, 0.15) is 5.82 Å². The molecule has 0 aromatic carbocycles. The molecule has 0 aliphatic carbocycles. The summed E-state index contributed by atoms with van der Waals surface area (Å²) in [6.07, 6.45) is 4.95. The molecule has 0 N–H and O–H groups in total. The van der Waals surface area contributed by atoms with Gasteiger partial charge in [0.25, 0.3) is 0 Å². The molecule has 0 atom stereocenters. The molecule has 3 rings (SSSR count). The maximum absolute atomic E-state index is 4.71. The highest BCUT2D eigenvalue weighted by molar-refractivity contribution is 5.29. The lowest BCUT2D eigenvalue weighted by molar-refractivity contribution is 0.230. The first kappa shape index (κ1) is 14.3. The van der Waals surface area contributed by atoms with E-state index in [1.54, 1.807) is 0 Å². The van der Waals surface area contributed by atoms with E-state index < -0.39 is 0 Å². The molecule has 1 aliphatic rings. The standard InChI is InChI=1S/C15H24N6/c1-18(2)9-13-12-5-7-21(10-14(12)20(4)17-13)11-15-16-6-8-19(15)3/h6,8H,5,7,9-11H2,1-4H3. The van der Waals surface area contributed by atoms with E-state index in [2.05, 4.69) is 52.2 Å². The van der Waals surface area contributed by atoms with Crippen molar-refractivity contribution in [1.82, 2.24) is 29.1 Å². The van der Waals surface area contributed by atoms with Gasteiger partial charge in [-0.2, -0.15) is 5.10 Å². The molecule has 6 heteroatoms. The molecule has 0 saturated carbocycles. The molecular weight excluding hydrogens is 264 g/mol. The van der Waals surface area contributed by atoms with Gasteiger partial charge in [0.05, 0.1) is 17.9 Å². The zero-order chi connectivity index (χ0) is 15.0. The molecule has 0 bridgehead atoms. The summed E-state index contributed by atoms with van der Waals surface area (Å²) in [6.45, 7) is 3.85. The van der Waals surface area contributed by atoms with E-state index in [0.717, 1.165) is 38.4 Å². The van der Waals surface area contributed by atoms with E-state index >= 15 is 0 Å². The van der Waals surface area contributed by atoms with Crippen molar-refractivity contribution in [1.29, 1.82) is 0 Å². The van der Waals surface area contributed by atoms with Crippen molar-refractivity contribution in [2.75, 3.05) is 20.6 Å². The van der Waals surface area contributed by atoms with E-state index in [4.69, 9.17) is 5.10 Å². The van der Waals surface area contributed by atoms with Crippen LogP contribution in [0.5, 0.6) is 0 Å². The van der Waals surface area contributed by atoms with Crippen molar-refractivity contribution in [3.05, 3.63) is 35.2 Å². The third-order valence-corrected chi connectivity index (χ3v) is 4.16. The van der Waals surface area contributed by atoms with Gasteiger partial charge in [-0.05, 0) is 20.5 Å². The summed E-state index contributed by atoms with van der Waals surface area (Å²) in [5.74, 6) is 1.12. The normalized spacial score (nSPS) is 15.7. The van der Waals surface area contributed by atoms with Crippen LogP contribution in [0.2, 0.25) is 0 Å². The van der Waals surface area contributed by atoms with Gasteiger partial charge in [0.2, 0.25) is 0 Å². The number of imidazole rings is 1. The third kappa shape index (κ3) is 2.87. The summed E-state index contributed by atoms with van der Waals surface area (Å²) in [4.78, 5) is 9.06. The molecule has 0 unspecified atom stereocenters. The van der Waals surface area contributed by atoms with Crippen molar-refractivity contribution in [3.63, 3.8) is 0 Å². The number of aromatic nitrogens is 4. The number of nitrogens with zero attached hydrogens (tertiary/aromatic N) is 6. The zero-order valence-corrected chi connectivity index (χ0v) is 13.4. The molecule has 114 valence electrons. The van der Waals surface area contributed by atoms with E-state index in [1.807, 2.05) is 12.4 Å². The molecular formula is C15H24N6. The summed E-state index contributed by atoms with van der Waals surface area (Å²) in [6, 6.07) is 0. The van der Waals surface area contributed by atoms with Crippen LogP contribution >= 0.6 is 0 Å². The highest BCUT2D eigenvalue weighted by atomic mass is 15.3. The molecule has 0 amide bonds. The van der Waals surface area contributed by atoms with Gasteiger partial charge in [0, 0.05) is 51.7 Å². The molecule has 2 aromatic heterocycles. The van der Waals surface area contributed by atoms with Crippen LogP contribution in [-0.4, -0.2) is 49.8 Å². The van der Waals surface area contributed by atoms with Crippen molar-refractivity contribution in [3.8, 4) is 0 Å². The number of hydrogen-bond donors (Lipinski definition) is 0. The fourth-order valence-corrected chi connectivity index (χ4v) is 3.02. The Morgan fingerprint density at radius 3 is 2.76 bits per heavy atom. The van der Waals surface area contributed by atoms with Crippen molar-refractivity contribution in [2.24, 2.45) is 14.1 Å². The Morgan fingerprint density at radius 2 is 2.10 bits per heavy atom. The maximum atomic E-state index is 4.71. The first-order valence-corrected chi connectivity index (χ1v) is 7.41. The number of fused-ring (bicyclic) bond motifs is 1. The highest BCUT2D eigenvalue weighted by Gasteiger charge is 2.24. The second-order valence-corrected chi connectivity index (χ2v) is 6.15. The fourth-order valence-electron chi connectivity index (χ4n) is 3.02. The minimum absolute atomic E-state index is 0.900. The van der Waals surface area contributed by atoms with Gasteiger partial charge in [0.15, 0.2) is 0 Å². The van der Waals surface area contributed by atoms with Crippen LogP contribution in [0.25, 0.3) is 0 Å². The van der Waals surface area contributed by atoms with Crippen LogP contribution in [0.15, 0.2) is 12.4 Å². The van der Waals surface area contributed by atoms with Crippen LogP contribution in [0.1, 0.15) is 22.8 Å². The van der Waals surface area contributed by atoms with Gasteiger partial charge < -0.3 is 9.47 Å². The van der Waals surface area contributed by atoms with Crippen molar-refractivity contribution in [2.45, 2.75) is 26.1 Å². The molecule has 0 spiro atoms. The first-order chi connectivity index (χ1) is 10.0. The first-order valence-electron chi connectivity index (χ1n) is 7.41. The minimum atomic E-state index is 0.900. The quantitative estimate of drug-likeness (QED) is 0.833.